The molecule has 0 saturated heterocycles. The van der Waals surface area contributed by atoms with E-state index in [0.717, 1.165) is 18.4 Å². The number of unbranched alkanes of at least 4 members (excludes halogenated alkanes) is 1. The van der Waals surface area contributed by atoms with Crippen molar-refractivity contribution in [3.05, 3.63) is 70.5 Å². The van der Waals surface area contributed by atoms with Crippen molar-refractivity contribution in [2.24, 2.45) is 0 Å². The molecule has 2 heterocycles. The van der Waals surface area contributed by atoms with Gasteiger partial charge in [0.1, 0.15) is 0 Å². The third-order valence-electron chi connectivity index (χ3n) is 5.44. The van der Waals surface area contributed by atoms with E-state index in [1.54, 1.807) is 47.9 Å². The van der Waals surface area contributed by atoms with Gasteiger partial charge in [0.05, 0.1) is 23.3 Å². The number of nitrogens with zero attached hydrogens (tertiary/aromatic N) is 4. The number of thioether (sulfide) groups is 1. The summed E-state index contributed by atoms with van der Waals surface area (Å²) in [6, 6.07) is 14.5. The molecule has 4 aromatic rings. The summed E-state index contributed by atoms with van der Waals surface area (Å²) in [5.41, 5.74) is 2.07. The van der Waals surface area contributed by atoms with Gasteiger partial charge in [-0.1, -0.05) is 49.4 Å². The van der Waals surface area contributed by atoms with Gasteiger partial charge in [0.15, 0.2) is 5.16 Å². The second-order valence-corrected chi connectivity index (χ2v) is 8.93. The van der Waals surface area contributed by atoms with Gasteiger partial charge in [0.25, 0.3) is 5.56 Å². The quantitative estimate of drug-likeness (QED) is 0.196. The predicted octanol–water partition coefficient (Wildman–Crippen LogP) is 4.15. The number of carbonyl (C=O) groups excluding carboxylic acids is 2. The first-order valence-electron chi connectivity index (χ1n) is 11.8. The van der Waals surface area contributed by atoms with Crippen LogP contribution in [-0.4, -0.2) is 43.4 Å². The molecule has 10 heteroatoms. The first-order chi connectivity index (χ1) is 17.5. The standard InChI is InChI=1S/C26H27N5O4S/c1-3-5-16-30-24(34)20-8-6-7-9-21(20)31-25(30)28-29-26(31)36-17-22(32)27-19-13-10-18(11-14-19)12-15-23(33)35-4-2/h6-15H,3-5,16-17H2,1-2H3,(H,27,32). The van der Waals surface area contributed by atoms with E-state index < -0.39 is 5.97 Å². The summed E-state index contributed by atoms with van der Waals surface area (Å²) < 4.78 is 8.36. The number of rotatable bonds is 10. The maximum absolute atomic E-state index is 13.0. The van der Waals surface area contributed by atoms with Crippen LogP contribution in [0.2, 0.25) is 0 Å². The van der Waals surface area contributed by atoms with E-state index in [-0.39, 0.29) is 17.2 Å². The lowest BCUT2D eigenvalue weighted by Gasteiger charge is -2.11. The van der Waals surface area contributed by atoms with Crippen molar-refractivity contribution < 1.29 is 14.3 Å². The number of carbonyl (C=O) groups is 2. The third kappa shape index (κ3) is 5.65. The van der Waals surface area contributed by atoms with Gasteiger partial charge in [0, 0.05) is 18.3 Å². The van der Waals surface area contributed by atoms with Gasteiger partial charge in [-0.3, -0.25) is 18.6 Å². The molecule has 0 aliphatic rings. The Kier molecular flexibility index (Phi) is 8.17. The van der Waals surface area contributed by atoms with Crippen LogP contribution in [0.5, 0.6) is 0 Å². The highest BCUT2D eigenvalue weighted by atomic mass is 32.2. The Morgan fingerprint density at radius 3 is 2.61 bits per heavy atom. The molecule has 0 saturated carbocycles. The molecular weight excluding hydrogens is 478 g/mol. The molecule has 1 N–H and O–H groups in total. The summed E-state index contributed by atoms with van der Waals surface area (Å²) in [4.78, 5) is 37.1. The van der Waals surface area contributed by atoms with Crippen molar-refractivity contribution >= 4 is 52.1 Å². The van der Waals surface area contributed by atoms with Crippen LogP contribution in [0.3, 0.4) is 0 Å². The number of amides is 1. The van der Waals surface area contributed by atoms with Gasteiger partial charge in [-0.05, 0) is 49.2 Å². The minimum Gasteiger partial charge on any atom is -0.463 e. The van der Waals surface area contributed by atoms with Crippen molar-refractivity contribution in [1.29, 1.82) is 0 Å². The fourth-order valence-corrected chi connectivity index (χ4v) is 4.44. The number of hydrogen-bond acceptors (Lipinski definition) is 7. The van der Waals surface area contributed by atoms with Crippen LogP contribution in [0.4, 0.5) is 5.69 Å². The summed E-state index contributed by atoms with van der Waals surface area (Å²) in [5, 5.41) is 12.6. The predicted molar refractivity (Wildman–Crippen MR) is 141 cm³/mol. The monoisotopic (exact) mass is 505 g/mol. The number of anilines is 1. The maximum Gasteiger partial charge on any atom is 0.330 e. The summed E-state index contributed by atoms with van der Waals surface area (Å²) in [6.07, 6.45) is 4.81. The molecule has 1 amide bonds. The smallest absolute Gasteiger partial charge is 0.330 e. The van der Waals surface area contributed by atoms with Crippen molar-refractivity contribution in [2.75, 3.05) is 17.7 Å². The lowest BCUT2D eigenvalue weighted by molar-refractivity contribution is -0.137. The molecule has 0 atom stereocenters. The van der Waals surface area contributed by atoms with Crippen molar-refractivity contribution in [3.8, 4) is 0 Å². The number of esters is 1. The summed E-state index contributed by atoms with van der Waals surface area (Å²) in [7, 11) is 0. The zero-order valence-electron chi connectivity index (χ0n) is 20.1. The van der Waals surface area contributed by atoms with E-state index in [4.69, 9.17) is 4.74 Å². The fourth-order valence-electron chi connectivity index (χ4n) is 3.70. The topological polar surface area (TPSA) is 108 Å². The van der Waals surface area contributed by atoms with E-state index in [9.17, 15) is 14.4 Å². The summed E-state index contributed by atoms with van der Waals surface area (Å²) in [6.45, 7) is 4.70. The molecule has 0 bridgehead atoms. The Hall–Kier alpha value is -3.92. The van der Waals surface area contributed by atoms with Gasteiger partial charge in [0.2, 0.25) is 11.7 Å². The molecule has 186 valence electrons. The van der Waals surface area contributed by atoms with Crippen LogP contribution in [0.15, 0.2) is 64.6 Å². The van der Waals surface area contributed by atoms with Crippen LogP contribution in [0.1, 0.15) is 32.3 Å². The molecule has 2 aromatic carbocycles. The maximum atomic E-state index is 13.0. The number of nitrogens with one attached hydrogen (secondary N) is 1. The van der Waals surface area contributed by atoms with Gasteiger partial charge >= 0.3 is 5.97 Å². The summed E-state index contributed by atoms with van der Waals surface area (Å²) in [5.74, 6) is -0.00647. The minimum absolute atomic E-state index is 0.0891. The molecule has 0 aliphatic carbocycles. The SMILES string of the molecule is CCCCn1c(=O)c2ccccc2n2c(SCC(=O)Nc3ccc(C=CC(=O)OCC)cc3)nnc12. The fraction of sp³-hybridized carbons (Fsp3) is 0.269. The molecule has 0 unspecified atom stereocenters. The molecular formula is C26H27N5O4S. The van der Waals surface area contributed by atoms with Crippen molar-refractivity contribution in [1.82, 2.24) is 19.2 Å². The Morgan fingerprint density at radius 1 is 1.08 bits per heavy atom. The Balaban J connectivity index is 1.48. The normalized spacial score (nSPS) is 11.4. The zero-order chi connectivity index (χ0) is 25.5. The van der Waals surface area contributed by atoms with Crippen LogP contribution in [0, 0.1) is 0 Å². The van der Waals surface area contributed by atoms with E-state index in [0.29, 0.717) is 40.7 Å². The van der Waals surface area contributed by atoms with E-state index in [2.05, 4.69) is 22.4 Å². The van der Waals surface area contributed by atoms with Gasteiger partial charge in [-0.15, -0.1) is 10.2 Å². The average molecular weight is 506 g/mol. The second-order valence-electron chi connectivity index (χ2n) is 7.99. The molecule has 36 heavy (non-hydrogen) atoms. The Labute approximate surface area is 212 Å². The van der Waals surface area contributed by atoms with Crippen LogP contribution in [0.25, 0.3) is 22.8 Å². The van der Waals surface area contributed by atoms with Gasteiger partial charge in [-0.25, -0.2) is 4.79 Å². The molecule has 0 aliphatic heterocycles. The van der Waals surface area contributed by atoms with Crippen LogP contribution < -0.4 is 10.9 Å². The number of para-hydroxylation sites is 1. The number of aromatic nitrogens is 4. The van der Waals surface area contributed by atoms with E-state index in [1.807, 2.05) is 22.6 Å². The molecule has 0 radical (unpaired) electrons. The number of ether oxygens (including phenoxy) is 1. The average Bonchev–Trinajstić information content (AvgIpc) is 3.31. The van der Waals surface area contributed by atoms with Crippen molar-refractivity contribution in [2.45, 2.75) is 38.4 Å². The molecule has 0 fully saturated rings. The highest BCUT2D eigenvalue weighted by molar-refractivity contribution is 7.99. The zero-order valence-corrected chi connectivity index (χ0v) is 21.0. The highest BCUT2D eigenvalue weighted by Crippen LogP contribution is 2.22. The Morgan fingerprint density at radius 2 is 1.86 bits per heavy atom. The molecule has 2 aromatic heterocycles. The number of fused-ring (bicyclic) bond motifs is 3. The molecule has 9 nitrogen and oxygen atoms in total. The number of aryl methyl sites for hydroxylation is 1. The van der Waals surface area contributed by atoms with E-state index in [1.165, 1.54) is 17.8 Å². The summed E-state index contributed by atoms with van der Waals surface area (Å²) >= 11 is 1.26. The highest BCUT2D eigenvalue weighted by Gasteiger charge is 2.17. The van der Waals surface area contributed by atoms with Gasteiger partial charge < -0.3 is 10.1 Å². The molecule has 4 rings (SSSR count). The largest absolute Gasteiger partial charge is 0.463 e. The second kappa shape index (κ2) is 11.7. The van der Waals surface area contributed by atoms with Crippen molar-refractivity contribution in [3.63, 3.8) is 0 Å². The first kappa shape index (κ1) is 25.2. The third-order valence-corrected chi connectivity index (χ3v) is 6.37. The lowest BCUT2D eigenvalue weighted by Crippen LogP contribution is -2.23. The lowest BCUT2D eigenvalue weighted by atomic mass is 10.2. The first-order valence-corrected chi connectivity index (χ1v) is 12.7. The Bertz CT molecular complexity index is 1470. The minimum atomic E-state index is -0.400. The number of benzene rings is 2. The van der Waals surface area contributed by atoms with E-state index >= 15 is 0 Å². The molecule has 0 spiro atoms. The van der Waals surface area contributed by atoms with Gasteiger partial charge in [-0.2, -0.15) is 0 Å². The van der Waals surface area contributed by atoms with Crippen LogP contribution >= 0.6 is 11.8 Å². The number of hydrogen-bond donors (Lipinski definition) is 1. The van der Waals surface area contributed by atoms with Crippen LogP contribution in [-0.2, 0) is 20.9 Å².